The van der Waals surface area contributed by atoms with E-state index >= 15 is 0 Å². The molecular weight excluding hydrogens is 335 g/mol. The fourth-order valence-corrected chi connectivity index (χ4v) is 3.11. The fourth-order valence-electron chi connectivity index (χ4n) is 1.49. The van der Waals surface area contributed by atoms with Gasteiger partial charge in [-0.05, 0) is 52.2 Å². The summed E-state index contributed by atoms with van der Waals surface area (Å²) >= 11 is 3.83. The molecule has 0 amide bonds. The van der Waals surface area contributed by atoms with Gasteiger partial charge in [0.2, 0.25) is 5.78 Å². The molecule has 2 nitrogen and oxygen atoms in total. The molecule has 0 aliphatic rings. The molecule has 0 N–H and O–H groups in total. The average molecular weight is 344 g/mol. The summed E-state index contributed by atoms with van der Waals surface area (Å²) in [6, 6.07) is 8.15. The molecular formula is C12H9IO2S. The van der Waals surface area contributed by atoms with E-state index < -0.39 is 0 Å². The topological polar surface area (TPSA) is 34.1 Å². The standard InChI is InChI=1S/C12H9IO2S/c1-7(10(15)6-14)12-5-8-4-9(13)2-3-11(8)16-12/h2-7H,1H3. The van der Waals surface area contributed by atoms with Crippen LogP contribution in [0.4, 0.5) is 0 Å². The van der Waals surface area contributed by atoms with Crippen LogP contribution in [0.5, 0.6) is 0 Å². The van der Waals surface area contributed by atoms with Crippen LogP contribution in [0.3, 0.4) is 0 Å². The van der Waals surface area contributed by atoms with E-state index in [1.54, 1.807) is 18.3 Å². The van der Waals surface area contributed by atoms with Crippen molar-refractivity contribution >= 4 is 56.1 Å². The van der Waals surface area contributed by atoms with Crippen molar-refractivity contribution in [3.05, 3.63) is 32.7 Å². The highest BCUT2D eigenvalue weighted by molar-refractivity contribution is 14.1. The van der Waals surface area contributed by atoms with E-state index in [2.05, 4.69) is 28.7 Å². The van der Waals surface area contributed by atoms with Crippen LogP contribution in [0.25, 0.3) is 10.1 Å². The number of hydrogen-bond donors (Lipinski definition) is 0. The first-order valence-electron chi connectivity index (χ1n) is 4.80. The lowest BCUT2D eigenvalue weighted by molar-refractivity contribution is -0.130. The summed E-state index contributed by atoms with van der Waals surface area (Å²) in [4.78, 5) is 22.7. The number of rotatable bonds is 3. The minimum Gasteiger partial charge on any atom is -0.295 e. The predicted octanol–water partition coefficient (Wildman–Crippen LogP) is 3.38. The SMILES string of the molecule is CC(C(=O)C=O)c1cc2cc(I)ccc2s1. The van der Waals surface area contributed by atoms with Crippen molar-refractivity contribution in [3.8, 4) is 0 Å². The molecule has 0 fully saturated rings. The Morgan fingerprint density at radius 3 is 2.88 bits per heavy atom. The van der Waals surface area contributed by atoms with Crippen LogP contribution < -0.4 is 0 Å². The fraction of sp³-hybridized carbons (Fsp3) is 0.167. The Morgan fingerprint density at radius 2 is 2.19 bits per heavy atom. The highest BCUT2D eigenvalue weighted by Gasteiger charge is 2.16. The first kappa shape index (κ1) is 11.7. The number of fused-ring (bicyclic) bond motifs is 1. The normalized spacial score (nSPS) is 12.6. The Bertz CT molecular complexity index is 559. The number of hydrogen-bond acceptors (Lipinski definition) is 3. The first-order chi connectivity index (χ1) is 7.61. The van der Waals surface area contributed by atoms with Gasteiger partial charge in [-0.2, -0.15) is 0 Å². The zero-order valence-corrected chi connectivity index (χ0v) is 11.5. The molecule has 16 heavy (non-hydrogen) atoms. The molecule has 1 atom stereocenters. The van der Waals surface area contributed by atoms with Crippen molar-refractivity contribution in [2.75, 3.05) is 0 Å². The van der Waals surface area contributed by atoms with E-state index in [1.807, 2.05) is 18.2 Å². The number of ketones is 1. The minimum atomic E-state index is -0.360. The van der Waals surface area contributed by atoms with Gasteiger partial charge in [-0.3, -0.25) is 9.59 Å². The number of halogens is 1. The lowest BCUT2D eigenvalue weighted by Gasteiger charge is -2.00. The zero-order valence-electron chi connectivity index (χ0n) is 8.57. The van der Waals surface area contributed by atoms with Crippen LogP contribution in [0.1, 0.15) is 17.7 Å². The van der Waals surface area contributed by atoms with Crippen LogP contribution in [0, 0.1) is 3.57 Å². The van der Waals surface area contributed by atoms with Gasteiger partial charge in [-0.25, -0.2) is 0 Å². The summed E-state index contributed by atoms with van der Waals surface area (Å²) in [5.41, 5.74) is 0. The molecule has 0 aliphatic heterocycles. The van der Waals surface area contributed by atoms with Crippen molar-refractivity contribution in [2.24, 2.45) is 0 Å². The number of benzene rings is 1. The maximum atomic E-state index is 11.3. The molecule has 1 aromatic carbocycles. The van der Waals surface area contributed by atoms with Crippen molar-refractivity contribution in [2.45, 2.75) is 12.8 Å². The summed E-state index contributed by atoms with van der Waals surface area (Å²) in [6.45, 7) is 1.77. The second-order valence-corrected chi connectivity index (χ2v) is 5.93. The Balaban J connectivity index is 2.47. The quantitative estimate of drug-likeness (QED) is 0.486. The maximum absolute atomic E-state index is 11.3. The van der Waals surface area contributed by atoms with Gasteiger partial charge in [0.15, 0.2) is 6.29 Å². The summed E-state index contributed by atoms with van der Waals surface area (Å²) in [6.07, 6.45) is 0.402. The molecule has 1 heterocycles. The van der Waals surface area contributed by atoms with Crippen molar-refractivity contribution in [1.29, 1.82) is 0 Å². The molecule has 2 rings (SSSR count). The van der Waals surface area contributed by atoms with E-state index in [9.17, 15) is 9.59 Å². The highest BCUT2D eigenvalue weighted by atomic mass is 127. The average Bonchev–Trinajstić information content (AvgIpc) is 2.69. The smallest absolute Gasteiger partial charge is 0.203 e. The Labute approximate surface area is 111 Å². The highest BCUT2D eigenvalue weighted by Crippen LogP contribution is 2.31. The molecule has 2 aromatic rings. The van der Waals surface area contributed by atoms with Gasteiger partial charge in [0, 0.05) is 13.1 Å². The monoisotopic (exact) mass is 344 g/mol. The molecule has 82 valence electrons. The minimum absolute atomic E-state index is 0.326. The van der Waals surface area contributed by atoms with Crippen molar-refractivity contribution < 1.29 is 9.59 Å². The predicted molar refractivity (Wildman–Crippen MR) is 74.0 cm³/mol. The van der Waals surface area contributed by atoms with Crippen LogP contribution >= 0.6 is 33.9 Å². The maximum Gasteiger partial charge on any atom is 0.203 e. The first-order valence-corrected chi connectivity index (χ1v) is 6.69. The number of aldehydes is 1. The van der Waals surface area contributed by atoms with E-state index in [1.165, 1.54) is 3.57 Å². The molecule has 4 heteroatoms. The lowest BCUT2D eigenvalue weighted by atomic mass is 10.1. The van der Waals surface area contributed by atoms with Crippen molar-refractivity contribution in [3.63, 3.8) is 0 Å². The van der Waals surface area contributed by atoms with E-state index in [0.29, 0.717) is 6.29 Å². The third kappa shape index (κ3) is 2.17. The van der Waals surface area contributed by atoms with E-state index in [4.69, 9.17) is 0 Å². The Kier molecular flexibility index (Phi) is 3.39. The molecule has 1 unspecified atom stereocenters. The summed E-state index contributed by atoms with van der Waals surface area (Å²) < 4.78 is 2.32. The van der Waals surface area contributed by atoms with E-state index in [-0.39, 0.29) is 11.7 Å². The third-order valence-electron chi connectivity index (χ3n) is 2.47. The van der Waals surface area contributed by atoms with E-state index in [0.717, 1.165) is 15.0 Å². The third-order valence-corrected chi connectivity index (χ3v) is 4.44. The van der Waals surface area contributed by atoms with Gasteiger partial charge in [0.1, 0.15) is 0 Å². The van der Waals surface area contributed by atoms with Gasteiger partial charge in [-0.15, -0.1) is 11.3 Å². The van der Waals surface area contributed by atoms with Gasteiger partial charge in [-0.1, -0.05) is 6.92 Å². The van der Waals surface area contributed by atoms with Crippen LogP contribution in [0.15, 0.2) is 24.3 Å². The Hall–Kier alpha value is -0.750. The second kappa shape index (κ2) is 4.63. The molecule has 0 aliphatic carbocycles. The molecule has 0 saturated heterocycles. The van der Waals surface area contributed by atoms with Gasteiger partial charge < -0.3 is 0 Å². The van der Waals surface area contributed by atoms with Crippen molar-refractivity contribution in [1.82, 2.24) is 0 Å². The summed E-state index contributed by atoms with van der Waals surface area (Å²) in [5.74, 6) is -0.686. The van der Waals surface area contributed by atoms with Gasteiger partial charge in [0.05, 0.1) is 5.92 Å². The largest absolute Gasteiger partial charge is 0.295 e. The second-order valence-electron chi connectivity index (χ2n) is 3.57. The number of carbonyl (C=O) groups excluding carboxylic acids is 2. The number of carbonyl (C=O) groups is 2. The Morgan fingerprint density at radius 1 is 1.44 bits per heavy atom. The molecule has 0 saturated carbocycles. The van der Waals surface area contributed by atoms with Gasteiger partial charge >= 0.3 is 0 Å². The van der Waals surface area contributed by atoms with Crippen LogP contribution in [-0.4, -0.2) is 12.1 Å². The molecule has 0 spiro atoms. The van der Waals surface area contributed by atoms with Gasteiger partial charge in [0.25, 0.3) is 0 Å². The summed E-state index contributed by atoms with van der Waals surface area (Å²) in [7, 11) is 0. The van der Waals surface area contributed by atoms with Crippen LogP contribution in [0.2, 0.25) is 0 Å². The molecule has 1 aromatic heterocycles. The zero-order chi connectivity index (χ0) is 11.7. The molecule has 0 radical (unpaired) electrons. The molecule has 0 bridgehead atoms. The summed E-state index contributed by atoms with van der Waals surface area (Å²) in [5, 5.41) is 1.14. The lowest BCUT2D eigenvalue weighted by Crippen LogP contribution is -2.08. The number of thiophene rings is 1. The number of Topliss-reactive ketones (excluding diaryl/α,β-unsaturated/α-hetero) is 1. The van der Waals surface area contributed by atoms with Crippen LogP contribution in [-0.2, 0) is 9.59 Å².